The van der Waals surface area contributed by atoms with Crippen molar-refractivity contribution >= 4 is 27.7 Å². The number of amides is 2. The quantitative estimate of drug-likeness (QED) is 0.370. The third-order valence-corrected chi connectivity index (χ3v) is 7.96. The van der Waals surface area contributed by atoms with Crippen LogP contribution in [0.4, 0.5) is 10.1 Å². The van der Waals surface area contributed by atoms with Gasteiger partial charge in [0.25, 0.3) is 0 Å². The molecule has 0 aromatic heterocycles. The molecule has 0 spiro atoms. The number of carbonyl (C=O) groups is 2. The predicted molar refractivity (Wildman–Crippen MR) is 148 cm³/mol. The van der Waals surface area contributed by atoms with E-state index < -0.39 is 40.4 Å². The van der Waals surface area contributed by atoms with E-state index in [4.69, 9.17) is 4.74 Å². The minimum atomic E-state index is -4.15. The number of nitrogens with zero attached hydrogens (tertiary/aromatic N) is 3. The van der Waals surface area contributed by atoms with Gasteiger partial charge < -0.3 is 15.0 Å². The largest absolute Gasteiger partial charge is 0.497 e. The molecule has 1 N–H and O–H groups in total. The molecule has 0 aliphatic carbocycles. The zero-order valence-corrected chi connectivity index (χ0v) is 23.2. The van der Waals surface area contributed by atoms with Gasteiger partial charge in [0.05, 0.1) is 12.8 Å². The summed E-state index contributed by atoms with van der Waals surface area (Å²) in [5.41, 5.74) is 1.62. The Hall–Kier alpha value is -3.96. The Labute approximate surface area is 229 Å². The summed E-state index contributed by atoms with van der Waals surface area (Å²) in [6, 6.07) is 20.2. The SMILES string of the molecule is CNC(=O)C(Cc1ccccc1)N(Cc1cccc(OC)c1)C(=O)CN(c1ccc(F)cc1)S(=O)(=O)N(C)C. The van der Waals surface area contributed by atoms with Crippen molar-refractivity contribution in [1.82, 2.24) is 14.5 Å². The fourth-order valence-corrected chi connectivity index (χ4v) is 5.07. The third kappa shape index (κ3) is 7.55. The van der Waals surface area contributed by atoms with Crippen molar-refractivity contribution < 1.29 is 27.1 Å². The molecular weight excluding hydrogens is 523 g/mol. The Morgan fingerprint density at radius 2 is 1.59 bits per heavy atom. The molecule has 3 aromatic rings. The molecule has 0 bridgehead atoms. The number of nitrogens with one attached hydrogen (secondary N) is 1. The monoisotopic (exact) mass is 556 g/mol. The zero-order chi connectivity index (χ0) is 28.6. The summed E-state index contributed by atoms with van der Waals surface area (Å²) in [5, 5.41) is 2.63. The van der Waals surface area contributed by atoms with Gasteiger partial charge >= 0.3 is 10.2 Å². The fourth-order valence-electron chi connectivity index (χ4n) is 4.01. The van der Waals surface area contributed by atoms with Crippen LogP contribution in [-0.2, 0) is 32.8 Å². The molecule has 9 nitrogen and oxygen atoms in total. The van der Waals surface area contributed by atoms with Gasteiger partial charge in [-0.2, -0.15) is 12.7 Å². The number of methoxy groups -OCH3 is 1. The van der Waals surface area contributed by atoms with Crippen LogP contribution in [0, 0.1) is 5.82 Å². The van der Waals surface area contributed by atoms with Crippen molar-refractivity contribution in [2.75, 3.05) is 39.1 Å². The molecule has 2 amide bonds. The van der Waals surface area contributed by atoms with Gasteiger partial charge in [0.15, 0.2) is 0 Å². The lowest BCUT2D eigenvalue weighted by atomic mass is 10.0. The van der Waals surface area contributed by atoms with E-state index in [9.17, 15) is 22.4 Å². The molecule has 0 saturated heterocycles. The second-order valence-corrected chi connectivity index (χ2v) is 11.0. The summed E-state index contributed by atoms with van der Waals surface area (Å²) >= 11 is 0. The van der Waals surface area contributed by atoms with E-state index in [0.29, 0.717) is 11.3 Å². The molecule has 1 unspecified atom stereocenters. The maximum atomic E-state index is 14.0. The normalized spacial score (nSPS) is 12.1. The highest BCUT2D eigenvalue weighted by atomic mass is 32.2. The van der Waals surface area contributed by atoms with Crippen LogP contribution in [0.3, 0.4) is 0 Å². The minimum absolute atomic E-state index is 0.0141. The van der Waals surface area contributed by atoms with E-state index in [-0.39, 0.29) is 18.7 Å². The van der Waals surface area contributed by atoms with Crippen LogP contribution in [0.15, 0.2) is 78.9 Å². The van der Waals surface area contributed by atoms with Crippen molar-refractivity contribution in [3.8, 4) is 5.75 Å². The second-order valence-electron chi connectivity index (χ2n) is 8.97. The Morgan fingerprint density at radius 3 is 2.18 bits per heavy atom. The third-order valence-electron chi connectivity index (χ3n) is 6.14. The second kappa shape index (κ2) is 13.2. The summed E-state index contributed by atoms with van der Waals surface area (Å²) < 4.78 is 47.3. The van der Waals surface area contributed by atoms with Crippen molar-refractivity contribution in [2.24, 2.45) is 0 Å². The van der Waals surface area contributed by atoms with Gasteiger partial charge in [0.1, 0.15) is 24.2 Å². The molecule has 3 aromatic carbocycles. The first-order valence-electron chi connectivity index (χ1n) is 12.2. The van der Waals surface area contributed by atoms with E-state index in [1.54, 1.807) is 24.3 Å². The number of benzene rings is 3. The molecule has 0 aliphatic rings. The molecule has 0 aliphatic heterocycles. The molecular formula is C28H33FN4O5S. The van der Waals surface area contributed by atoms with Crippen LogP contribution in [0.25, 0.3) is 0 Å². The van der Waals surface area contributed by atoms with Crippen LogP contribution < -0.4 is 14.4 Å². The number of rotatable bonds is 12. The number of anilines is 1. The summed E-state index contributed by atoms with van der Waals surface area (Å²) in [6.45, 7) is -0.599. The minimum Gasteiger partial charge on any atom is -0.497 e. The highest BCUT2D eigenvalue weighted by Crippen LogP contribution is 2.23. The molecule has 208 valence electrons. The molecule has 0 fully saturated rings. The number of hydrogen-bond donors (Lipinski definition) is 1. The Morgan fingerprint density at radius 1 is 0.949 bits per heavy atom. The van der Waals surface area contributed by atoms with Gasteiger partial charge in [-0.3, -0.25) is 9.59 Å². The Kier molecular flexibility index (Phi) is 10.0. The van der Waals surface area contributed by atoms with E-state index in [2.05, 4.69) is 5.32 Å². The predicted octanol–water partition coefficient (Wildman–Crippen LogP) is 2.83. The first-order valence-corrected chi connectivity index (χ1v) is 13.6. The zero-order valence-electron chi connectivity index (χ0n) is 22.4. The van der Waals surface area contributed by atoms with Crippen LogP contribution in [0.2, 0.25) is 0 Å². The molecule has 0 saturated carbocycles. The van der Waals surface area contributed by atoms with Crippen molar-refractivity contribution in [3.63, 3.8) is 0 Å². The van der Waals surface area contributed by atoms with Crippen molar-refractivity contribution in [1.29, 1.82) is 0 Å². The topological polar surface area (TPSA) is 99.3 Å². The summed E-state index contributed by atoms with van der Waals surface area (Å²) in [5.74, 6) is -0.993. The first kappa shape index (κ1) is 29.6. The molecule has 3 rings (SSSR count). The van der Waals surface area contributed by atoms with E-state index in [1.807, 2.05) is 30.3 Å². The van der Waals surface area contributed by atoms with Crippen molar-refractivity contribution in [2.45, 2.75) is 19.0 Å². The summed E-state index contributed by atoms with van der Waals surface area (Å²) in [6.07, 6.45) is 0.202. The Bertz CT molecular complexity index is 1370. The number of carbonyl (C=O) groups excluding carboxylic acids is 2. The lowest BCUT2D eigenvalue weighted by molar-refractivity contribution is -0.139. The van der Waals surface area contributed by atoms with Crippen LogP contribution in [-0.4, -0.2) is 70.3 Å². The highest BCUT2D eigenvalue weighted by Gasteiger charge is 2.34. The maximum Gasteiger partial charge on any atom is 0.304 e. The molecule has 0 radical (unpaired) electrons. The lowest BCUT2D eigenvalue weighted by Crippen LogP contribution is -2.53. The number of halogens is 1. The first-order chi connectivity index (χ1) is 18.6. The van der Waals surface area contributed by atoms with E-state index >= 15 is 0 Å². The van der Waals surface area contributed by atoms with Crippen molar-refractivity contribution in [3.05, 3.63) is 95.8 Å². The average molecular weight is 557 g/mol. The van der Waals surface area contributed by atoms with Crippen LogP contribution in [0.5, 0.6) is 5.75 Å². The molecule has 39 heavy (non-hydrogen) atoms. The smallest absolute Gasteiger partial charge is 0.304 e. The van der Waals surface area contributed by atoms with E-state index in [1.165, 1.54) is 45.3 Å². The van der Waals surface area contributed by atoms with E-state index in [0.717, 1.165) is 26.3 Å². The number of ether oxygens (including phenoxy) is 1. The Balaban J connectivity index is 2.07. The van der Waals surface area contributed by atoms with Gasteiger partial charge in [0, 0.05) is 34.1 Å². The number of hydrogen-bond acceptors (Lipinski definition) is 5. The van der Waals surface area contributed by atoms with Gasteiger partial charge in [-0.25, -0.2) is 8.70 Å². The lowest BCUT2D eigenvalue weighted by Gasteiger charge is -2.34. The number of likely N-dealkylation sites (N-methyl/N-ethyl adjacent to an activating group) is 1. The van der Waals surface area contributed by atoms with Crippen LogP contribution >= 0.6 is 0 Å². The standard InChI is InChI=1S/C28H33FN4O5S/c1-30-28(35)26(18-21-9-6-5-7-10-21)32(19-22-11-8-12-25(17-22)38-4)27(34)20-33(39(36,37)31(2)3)24-15-13-23(29)14-16-24/h5-17,26H,18-20H2,1-4H3,(H,30,35). The average Bonchev–Trinajstić information content (AvgIpc) is 2.94. The summed E-state index contributed by atoms with van der Waals surface area (Å²) in [7, 11) is 1.54. The maximum absolute atomic E-state index is 14.0. The van der Waals surface area contributed by atoms with Gasteiger partial charge in [-0.1, -0.05) is 42.5 Å². The summed E-state index contributed by atoms with van der Waals surface area (Å²) in [4.78, 5) is 28.5. The van der Waals surface area contributed by atoms with Gasteiger partial charge in [-0.05, 0) is 47.5 Å². The molecule has 11 heteroatoms. The van der Waals surface area contributed by atoms with Gasteiger partial charge in [-0.15, -0.1) is 0 Å². The molecule has 1 atom stereocenters. The fraction of sp³-hybridized carbons (Fsp3) is 0.286. The van der Waals surface area contributed by atoms with Crippen LogP contribution in [0.1, 0.15) is 11.1 Å². The molecule has 0 heterocycles. The van der Waals surface area contributed by atoms with Gasteiger partial charge in [0.2, 0.25) is 11.8 Å². The highest BCUT2D eigenvalue weighted by molar-refractivity contribution is 7.90.